The number of methoxy groups -OCH3 is 1. The molecule has 5 heteroatoms. The third kappa shape index (κ3) is 3.95. The molecule has 5 nitrogen and oxygen atoms in total. The van der Waals surface area contributed by atoms with E-state index in [9.17, 15) is 9.90 Å². The average molecular weight is 278 g/mol. The van der Waals surface area contributed by atoms with Crippen LogP contribution in [0.2, 0.25) is 0 Å². The third-order valence-corrected chi connectivity index (χ3v) is 3.73. The zero-order valence-corrected chi connectivity index (χ0v) is 12.0. The minimum absolute atomic E-state index is 0.0265. The van der Waals surface area contributed by atoms with Crippen LogP contribution in [0, 0.1) is 5.92 Å². The average Bonchev–Trinajstić information content (AvgIpc) is 2.88. The first-order valence-corrected chi connectivity index (χ1v) is 6.93. The van der Waals surface area contributed by atoms with Crippen molar-refractivity contribution in [2.24, 2.45) is 5.92 Å². The molecule has 1 aromatic carbocycles. The van der Waals surface area contributed by atoms with Gasteiger partial charge in [-0.1, -0.05) is 0 Å². The van der Waals surface area contributed by atoms with Crippen molar-refractivity contribution in [3.05, 3.63) is 24.3 Å². The lowest BCUT2D eigenvalue weighted by Gasteiger charge is -2.17. The standard InChI is InChI=1S/C15H22N2O3/c1-11(18)12-7-8-17(9-12)10-15(19)16-13-3-5-14(20-2)6-4-13/h3-6,11-12,18H,7-10H2,1-2H3,(H,16,19). The summed E-state index contributed by atoms with van der Waals surface area (Å²) in [6.45, 7) is 3.83. The summed E-state index contributed by atoms with van der Waals surface area (Å²) >= 11 is 0. The molecule has 1 saturated heterocycles. The van der Waals surface area contributed by atoms with Gasteiger partial charge in [0.2, 0.25) is 5.91 Å². The molecule has 2 N–H and O–H groups in total. The van der Waals surface area contributed by atoms with Gasteiger partial charge in [-0.05, 0) is 50.1 Å². The molecule has 0 bridgehead atoms. The maximum atomic E-state index is 12.0. The van der Waals surface area contributed by atoms with Crippen LogP contribution in [0.15, 0.2) is 24.3 Å². The van der Waals surface area contributed by atoms with E-state index in [1.54, 1.807) is 7.11 Å². The van der Waals surface area contributed by atoms with Gasteiger partial charge in [-0.25, -0.2) is 0 Å². The number of benzene rings is 1. The molecule has 20 heavy (non-hydrogen) atoms. The first-order chi connectivity index (χ1) is 9.58. The number of nitrogens with one attached hydrogen (secondary N) is 1. The van der Waals surface area contributed by atoms with Crippen LogP contribution in [0.3, 0.4) is 0 Å². The van der Waals surface area contributed by atoms with Crippen LogP contribution >= 0.6 is 0 Å². The van der Waals surface area contributed by atoms with Crippen molar-refractivity contribution in [3.8, 4) is 5.75 Å². The lowest BCUT2D eigenvalue weighted by atomic mass is 10.0. The number of carbonyl (C=O) groups excluding carboxylic acids is 1. The Morgan fingerprint density at radius 3 is 2.75 bits per heavy atom. The number of anilines is 1. The van der Waals surface area contributed by atoms with Gasteiger partial charge in [-0.2, -0.15) is 0 Å². The second kappa shape index (κ2) is 6.72. The van der Waals surface area contributed by atoms with Crippen molar-refractivity contribution < 1.29 is 14.6 Å². The van der Waals surface area contributed by atoms with Crippen molar-refractivity contribution in [2.45, 2.75) is 19.4 Å². The topological polar surface area (TPSA) is 61.8 Å². The van der Waals surface area contributed by atoms with Crippen molar-refractivity contribution in [2.75, 3.05) is 32.1 Å². The number of ether oxygens (including phenoxy) is 1. The van der Waals surface area contributed by atoms with E-state index >= 15 is 0 Å². The molecule has 0 radical (unpaired) electrons. The van der Waals surface area contributed by atoms with Gasteiger partial charge in [-0.15, -0.1) is 0 Å². The Hall–Kier alpha value is -1.59. The molecule has 0 aromatic heterocycles. The molecular weight excluding hydrogens is 256 g/mol. The Bertz CT molecular complexity index is 445. The second-order valence-electron chi connectivity index (χ2n) is 5.30. The van der Waals surface area contributed by atoms with Crippen molar-refractivity contribution in [3.63, 3.8) is 0 Å². The summed E-state index contributed by atoms with van der Waals surface area (Å²) in [5.41, 5.74) is 0.766. The Morgan fingerprint density at radius 2 is 2.20 bits per heavy atom. The quantitative estimate of drug-likeness (QED) is 0.853. The summed E-state index contributed by atoms with van der Waals surface area (Å²) in [4.78, 5) is 14.0. The Kier molecular flexibility index (Phi) is 4.98. The highest BCUT2D eigenvalue weighted by atomic mass is 16.5. The van der Waals surface area contributed by atoms with Gasteiger partial charge < -0.3 is 15.2 Å². The second-order valence-corrected chi connectivity index (χ2v) is 5.30. The summed E-state index contributed by atoms with van der Waals surface area (Å²) in [5.74, 6) is 1.02. The summed E-state index contributed by atoms with van der Waals surface area (Å²) in [6.07, 6.45) is 0.651. The zero-order chi connectivity index (χ0) is 14.5. The van der Waals surface area contributed by atoms with E-state index in [0.29, 0.717) is 6.54 Å². The monoisotopic (exact) mass is 278 g/mol. The molecule has 1 aliphatic heterocycles. The van der Waals surface area contributed by atoms with Crippen molar-refractivity contribution in [1.29, 1.82) is 0 Å². The largest absolute Gasteiger partial charge is 0.497 e. The maximum absolute atomic E-state index is 12.0. The van der Waals surface area contributed by atoms with Crippen LogP contribution in [0.4, 0.5) is 5.69 Å². The molecule has 1 aliphatic rings. The fourth-order valence-corrected chi connectivity index (χ4v) is 2.48. The van der Waals surface area contributed by atoms with E-state index in [2.05, 4.69) is 10.2 Å². The number of likely N-dealkylation sites (tertiary alicyclic amines) is 1. The van der Waals surface area contributed by atoms with E-state index in [-0.39, 0.29) is 17.9 Å². The molecule has 110 valence electrons. The van der Waals surface area contributed by atoms with Gasteiger partial charge in [0.1, 0.15) is 5.75 Å². The Balaban J connectivity index is 1.80. The normalized spacial score (nSPS) is 20.6. The van der Waals surface area contributed by atoms with Gasteiger partial charge in [0.25, 0.3) is 0 Å². The minimum Gasteiger partial charge on any atom is -0.497 e. The molecular formula is C15H22N2O3. The van der Waals surface area contributed by atoms with Crippen LogP contribution in [0.1, 0.15) is 13.3 Å². The lowest BCUT2D eigenvalue weighted by Crippen LogP contribution is -2.32. The maximum Gasteiger partial charge on any atom is 0.238 e. The zero-order valence-electron chi connectivity index (χ0n) is 12.0. The van der Waals surface area contributed by atoms with Gasteiger partial charge in [0, 0.05) is 12.2 Å². The number of rotatable bonds is 5. The van der Waals surface area contributed by atoms with Crippen LogP contribution < -0.4 is 10.1 Å². The molecule has 2 unspecified atom stereocenters. The van der Waals surface area contributed by atoms with Gasteiger partial charge in [0.05, 0.1) is 19.8 Å². The number of nitrogens with zero attached hydrogens (tertiary/aromatic N) is 1. The number of carbonyl (C=O) groups is 1. The Labute approximate surface area is 119 Å². The molecule has 2 atom stereocenters. The number of hydrogen-bond acceptors (Lipinski definition) is 4. The van der Waals surface area contributed by atoms with Crippen LogP contribution in [0.5, 0.6) is 5.75 Å². The fourth-order valence-electron chi connectivity index (χ4n) is 2.48. The lowest BCUT2D eigenvalue weighted by molar-refractivity contribution is -0.117. The molecule has 1 amide bonds. The molecule has 1 aromatic rings. The van der Waals surface area contributed by atoms with Crippen molar-refractivity contribution in [1.82, 2.24) is 4.90 Å². The predicted octanol–water partition coefficient (Wildman–Crippen LogP) is 1.34. The number of amides is 1. The number of hydrogen-bond donors (Lipinski definition) is 2. The summed E-state index contributed by atoms with van der Waals surface area (Å²) in [7, 11) is 1.61. The van der Waals surface area contributed by atoms with Crippen LogP contribution in [-0.4, -0.2) is 48.8 Å². The van der Waals surface area contributed by atoms with E-state index in [0.717, 1.165) is 30.9 Å². The van der Waals surface area contributed by atoms with Gasteiger partial charge in [-0.3, -0.25) is 9.69 Å². The highest BCUT2D eigenvalue weighted by molar-refractivity contribution is 5.92. The molecule has 2 rings (SSSR count). The fraction of sp³-hybridized carbons (Fsp3) is 0.533. The third-order valence-electron chi connectivity index (χ3n) is 3.73. The summed E-state index contributed by atoms with van der Waals surface area (Å²) in [5, 5.41) is 12.4. The van der Waals surface area contributed by atoms with E-state index in [4.69, 9.17) is 4.74 Å². The van der Waals surface area contributed by atoms with Crippen LogP contribution in [0.25, 0.3) is 0 Å². The van der Waals surface area contributed by atoms with E-state index < -0.39 is 0 Å². The minimum atomic E-state index is -0.301. The molecule has 0 spiro atoms. The first kappa shape index (κ1) is 14.8. The van der Waals surface area contributed by atoms with Gasteiger partial charge in [0.15, 0.2) is 0 Å². The van der Waals surface area contributed by atoms with E-state index in [1.165, 1.54) is 0 Å². The Morgan fingerprint density at radius 1 is 1.50 bits per heavy atom. The highest BCUT2D eigenvalue weighted by Crippen LogP contribution is 2.19. The molecule has 1 heterocycles. The van der Waals surface area contributed by atoms with Gasteiger partial charge >= 0.3 is 0 Å². The first-order valence-electron chi connectivity index (χ1n) is 6.93. The number of aliphatic hydroxyl groups is 1. The molecule has 0 aliphatic carbocycles. The van der Waals surface area contributed by atoms with Crippen LogP contribution in [-0.2, 0) is 4.79 Å². The van der Waals surface area contributed by atoms with Crippen molar-refractivity contribution >= 4 is 11.6 Å². The summed E-state index contributed by atoms with van der Waals surface area (Å²) < 4.78 is 5.07. The summed E-state index contributed by atoms with van der Waals surface area (Å²) in [6, 6.07) is 7.27. The molecule has 1 fully saturated rings. The number of aliphatic hydroxyl groups excluding tert-OH is 1. The SMILES string of the molecule is COc1ccc(NC(=O)CN2CCC(C(C)O)C2)cc1. The molecule has 0 saturated carbocycles. The highest BCUT2D eigenvalue weighted by Gasteiger charge is 2.26. The van der Waals surface area contributed by atoms with E-state index in [1.807, 2.05) is 31.2 Å². The smallest absolute Gasteiger partial charge is 0.238 e. The predicted molar refractivity (Wildman–Crippen MR) is 77.9 cm³/mol.